The van der Waals surface area contributed by atoms with E-state index < -0.39 is 9.84 Å². The highest BCUT2D eigenvalue weighted by Gasteiger charge is 2.22. The van der Waals surface area contributed by atoms with E-state index >= 15 is 0 Å². The summed E-state index contributed by atoms with van der Waals surface area (Å²) in [5.74, 6) is -0.242. The lowest BCUT2D eigenvalue weighted by Gasteiger charge is -2.27. The van der Waals surface area contributed by atoms with E-state index in [-0.39, 0.29) is 29.6 Å². The van der Waals surface area contributed by atoms with Crippen molar-refractivity contribution in [1.29, 1.82) is 0 Å². The molecular formula is C14H21ClFNO2S. The lowest BCUT2D eigenvalue weighted by atomic mass is 9.95. The maximum absolute atomic E-state index is 14.0. The number of benzene rings is 1. The van der Waals surface area contributed by atoms with Crippen LogP contribution in [-0.4, -0.2) is 26.5 Å². The Hall–Kier alpha value is -0.650. The molecule has 0 bridgehead atoms. The molecule has 1 rings (SSSR count). The van der Waals surface area contributed by atoms with Gasteiger partial charge in [-0.05, 0) is 25.0 Å². The van der Waals surface area contributed by atoms with Gasteiger partial charge in [-0.15, -0.1) is 0 Å². The molecule has 1 aromatic carbocycles. The van der Waals surface area contributed by atoms with Crippen molar-refractivity contribution in [3.8, 4) is 0 Å². The lowest BCUT2D eigenvalue weighted by molar-refractivity contribution is 0.370. The molecule has 20 heavy (non-hydrogen) atoms. The highest BCUT2D eigenvalue weighted by molar-refractivity contribution is 7.90. The van der Waals surface area contributed by atoms with Gasteiger partial charge in [-0.3, -0.25) is 0 Å². The average Bonchev–Trinajstić information content (AvgIpc) is 2.23. The minimum atomic E-state index is -3.07. The van der Waals surface area contributed by atoms with Crippen LogP contribution in [-0.2, 0) is 9.84 Å². The predicted molar refractivity (Wildman–Crippen MR) is 81.3 cm³/mol. The Labute approximate surface area is 125 Å². The molecule has 3 nitrogen and oxygen atoms in total. The average molecular weight is 322 g/mol. The number of rotatable bonds is 6. The summed E-state index contributed by atoms with van der Waals surface area (Å²) in [4.78, 5) is 0. The van der Waals surface area contributed by atoms with Crippen LogP contribution in [0.5, 0.6) is 0 Å². The third-order valence-electron chi connectivity index (χ3n) is 2.98. The van der Waals surface area contributed by atoms with E-state index in [4.69, 9.17) is 11.6 Å². The summed E-state index contributed by atoms with van der Waals surface area (Å²) < 4.78 is 36.6. The molecule has 0 aliphatic heterocycles. The molecule has 114 valence electrons. The Kier molecular flexibility index (Phi) is 5.98. The Balaban J connectivity index is 2.95. The van der Waals surface area contributed by atoms with Crippen molar-refractivity contribution in [2.24, 2.45) is 5.92 Å². The number of hydrogen-bond acceptors (Lipinski definition) is 3. The minimum Gasteiger partial charge on any atom is -0.306 e. The predicted octanol–water partition coefficient (Wildman–Crippen LogP) is 3.20. The van der Waals surface area contributed by atoms with Gasteiger partial charge in [0.2, 0.25) is 0 Å². The van der Waals surface area contributed by atoms with Gasteiger partial charge in [0.25, 0.3) is 0 Å². The van der Waals surface area contributed by atoms with Gasteiger partial charge in [-0.1, -0.05) is 31.5 Å². The van der Waals surface area contributed by atoms with Crippen molar-refractivity contribution < 1.29 is 12.8 Å². The van der Waals surface area contributed by atoms with Crippen LogP contribution in [0.3, 0.4) is 0 Å². The highest BCUT2D eigenvalue weighted by atomic mass is 35.5. The van der Waals surface area contributed by atoms with E-state index in [1.807, 2.05) is 13.8 Å². The van der Waals surface area contributed by atoms with Crippen LogP contribution in [0.4, 0.5) is 4.39 Å². The molecule has 0 radical (unpaired) electrons. The van der Waals surface area contributed by atoms with Crippen LogP contribution in [0.2, 0.25) is 5.02 Å². The fourth-order valence-corrected chi connectivity index (χ4v) is 3.37. The summed E-state index contributed by atoms with van der Waals surface area (Å²) in [7, 11) is -3.07. The van der Waals surface area contributed by atoms with E-state index in [2.05, 4.69) is 5.32 Å². The number of nitrogens with one attached hydrogen (secondary N) is 1. The first kappa shape index (κ1) is 17.4. The third kappa shape index (κ3) is 5.38. The monoisotopic (exact) mass is 321 g/mol. The van der Waals surface area contributed by atoms with Crippen LogP contribution in [0.25, 0.3) is 0 Å². The fraction of sp³-hybridized carbons (Fsp3) is 0.571. The second-order valence-electron chi connectivity index (χ2n) is 5.55. The first-order chi connectivity index (χ1) is 9.10. The standard InChI is InChI=1S/C14H21ClFNO2S/c1-9(2)14(17-10(3)8-20(4,18)19)12-6-5-11(15)7-13(12)16/h5-7,9-10,14,17H,8H2,1-4H3. The molecule has 0 aliphatic carbocycles. The summed E-state index contributed by atoms with van der Waals surface area (Å²) in [6.45, 7) is 5.70. The van der Waals surface area contributed by atoms with Gasteiger partial charge in [0.05, 0.1) is 5.75 Å². The van der Waals surface area contributed by atoms with Crippen molar-refractivity contribution in [1.82, 2.24) is 5.32 Å². The molecule has 0 amide bonds. The molecule has 6 heteroatoms. The maximum Gasteiger partial charge on any atom is 0.148 e. The van der Waals surface area contributed by atoms with E-state index in [0.29, 0.717) is 10.6 Å². The number of hydrogen-bond donors (Lipinski definition) is 1. The molecule has 0 fully saturated rings. The van der Waals surface area contributed by atoms with Crippen molar-refractivity contribution in [2.45, 2.75) is 32.9 Å². The summed E-state index contributed by atoms with van der Waals surface area (Å²) >= 11 is 5.75. The molecule has 0 saturated heterocycles. The van der Waals surface area contributed by atoms with E-state index in [1.54, 1.807) is 19.1 Å². The van der Waals surface area contributed by atoms with Gasteiger partial charge >= 0.3 is 0 Å². The molecule has 1 aromatic rings. The van der Waals surface area contributed by atoms with Gasteiger partial charge in [0.15, 0.2) is 0 Å². The summed E-state index contributed by atoms with van der Waals surface area (Å²) in [5, 5.41) is 3.53. The first-order valence-corrected chi connectivity index (χ1v) is 8.92. The Bertz CT molecular complexity index is 560. The second kappa shape index (κ2) is 6.87. The summed E-state index contributed by atoms with van der Waals surface area (Å²) in [6, 6.07) is 4.03. The Morgan fingerprint density at radius 2 is 1.90 bits per heavy atom. The van der Waals surface area contributed by atoms with Gasteiger partial charge < -0.3 is 5.32 Å². The van der Waals surface area contributed by atoms with Crippen molar-refractivity contribution >= 4 is 21.4 Å². The molecule has 2 unspecified atom stereocenters. The highest BCUT2D eigenvalue weighted by Crippen LogP contribution is 2.26. The molecular weight excluding hydrogens is 301 g/mol. The topological polar surface area (TPSA) is 46.2 Å². The minimum absolute atomic E-state index is 0.0193. The Morgan fingerprint density at radius 1 is 1.30 bits per heavy atom. The molecule has 0 aromatic heterocycles. The summed E-state index contributed by atoms with van der Waals surface area (Å²) in [5.41, 5.74) is 0.504. The van der Waals surface area contributed by atoms with Crippen LogP contribution >= 0.6 is 11.6 Å². The first-order valence-electron chi connectivity index (χ1n) is 6.49. The van der Waals surface area contributed by atoms with Crippen molar-refractivity contribution in [3.63, 3.8) is 0 Å². The van der Waals surface area contributed by atoms with Gasteiger partial charge in [0.1, 0.15) is 15.7 Å². The maximum atomic E-state index is 14.0. The molecule has 0 heterocycles. The van der Waals surface area contributed by atoms with Crippen LogP contribution in [0.15, 0.2) is 18.2 Å². The number of sulfone groups is 1. The Morgan fingerprint density at radius 3 is 2.35 bits per heavy atom. The third-order valence-corrected chi connectivity index (χ3v) is 4.32. The zero-order valence-corrected chi connectivity index (χ0v) is 13.7. The van der Waals surface area contributed by atoms with E-state index in [9.17, 15) is 12.8 Å². The van der Waals surface area contributed by atoms with E-state index in [0.717, 1.165) is 0 Å². The van der Waals surface area contributed by atoms with Crippen molar-refractivity contribution in [3.05, 3.63) is 34.6 Å². The molecule has 0 spiro atoms. The van der Waals surface area contributed by atoms with Crippen LogP contribution in [0, 0.1) is 11.7 Å². The quantitative estimate of drug-likeness (QED) is 0.875. The summed E-state index contributed by atoms with van der Waals surface area (Å²) in [6.07, 6.45) is 1.19. The second-order valence-corrected chi connectivity index (χ2v) is 8.17. The van der Waals surface area contributed by atoms with Crippen LogP contribution in [0.1, 0.15) is 32.4 Å². The van der Waals surface area contributed by atoms with Crippen LogP contribution < -0.4 is 5.32 Å². The van der Waals surface area contributed by atoms with Crippen molar-refractivity contribution in [2.75, 3.05) is 12.0 Å². The fourth-order valence-electron chi connectivity index (χ4n) is 2.20. The molecule has 1 N–H and O–H groups in total. The zero-order valence-electron chi connectivity index (χ0n) is 12.2. The molecule has 0 aliphatic rings. The normalized spacial score (nSPS) is 15.3. The largest absolute Gasteiger partial charge is 0.306 e. The smallest absolute Gasteiger partial charge is 0.148 e. The molecule has 0 saturated carbocycles. The van der Waals surface area contributed by atoms with Gasteiger partial charge in [-0.25, -0.2) is 12.8 Å². The lowest BCUT2D eigenvalue weighted by Crippen LogP contribution is -2.38. The molecule has 2 atom stereocenters. The van der Waals surface area contributed by atoms with E-state index in [1.165, 1.54) is 12.3 Å². The zero-order chi connectivity index (χ0) is 15.5. The number of halogens is 2. The SMILES string of the molecule is CC(CS(C)(=O)=O)NC(c1ccc(Cl)cc1F)C(C)C. The van der Waals surface area contributed by atoms with Gasteiger partial charge in [-0.2, -0.15) is 0 Å². The van der Waals surface area contributed by atoms with Gasteiger partial charge in [0, 0.05) is 28.9 Å².